The van der Waals surface area contributed by atoms with Crippen LogP contribution in [-0.4, -0.2) is 12.1 Å². The van der Waals surface area contributed by atoms with Crippen molar-refractivity contribution in [2.24, 2.45) is 5.92 Å². The molecule has 1 aromatic heterocycles. The molecule has 1 saturated carbocycles. The van der Waals surface area contributed by atoms with Crippen LogP contribution in [0.25, 0.3) is 0 Å². The van der Waals surface area contributed by atoms with E-state index in [-0.39, 0.29) is 5.54 Å². The van der Waals surface area contributed by atoms with Gasteiger partial charge in [-0.3, -0.25) is 0 Å². The van der Waals surface area contributed by atoms with Crippen molar-refractivity contribution in [1.82, 2.24) is 5.32 Å². The number of hydrogen-bond acceptors (Lipinski definition) is 2. The largest absolute Gasteiger partial charge is 0.312 e. The number of hydrogen-bond donors (Lipinski definition) is 1. The summed E-state index contributed by atoms with van der Waals surface area (Å²) in [5, 5.41) is 8.25. The molecule has 1 aliphatic rings. The van der Waals surface area contributed by atoms with Crippen molar-refractivity contribution in [3.05, 3.63) is 20.8 Å². The fourth-order valence-electron chi connectivity index (χ4n) is 2.85. The molecule has 1 N–H and O–H groups in total. The van der Waals surface area contributed by atoms with Crippen LogP contribution in [0.15, 0.2) is 15.2 Å². The van der Waals surface area contributed by atoms with E-state index in [9.17, 15) is 0 Å². The summed E-state index contributed by atoms with van der Waals surface area (Å²) in [4.78, 5) is 0. The van der Waals surface area contributed by atoms with Crippen LogP contribution in [0.3, 0.4) is 0 Å². The van der Waals surface area contributed by atoms with Gasteiger partial charge in [0.2, 0.25) is 0 Å². The highest BCUT2D eigenvalue weighted by Gasteiger charge is 2.28. The van der Waals surface area contributed by atoms with Crippen molar-refractivity contribution in [3.63, 3.8) is 0 Å². The first-order valence-corrected chi connectivity index (χ1v) is 8.67. The zero-order valence-corrected chi connectivity index (χ0v) is 14.0. The van der Waals surface area contributed by atoms with Gasteiger partial charge in [0.25, 0.3) is 0 Å². The smallest absolute Gasteiger partial charge is 0.0317 e. The zero-order chi connectivity index (χ0) is 13.2. The van der Waals surface area contributed by atoms with Crippen molar-refractivity contribution < 1.29 is 0 Å². The Morgan fingerprint density at radius 3 is 2.61 bits per heavy atom. The van der Waals surface area contributed by atoms with Crippen LogP contribution in [0.5, 0.6) is 0 Å². The van der Waals surface area contributed by atoms with E-state index in [1.807, 2.05) is 11.3 Å². The standard InChI is InChI=1S/C15H24BrNS/c1-15(2,3)17-8-11-6-4-5-7-12(11)13-9-18-10-14(13)16/h9-12,17H,4-8H2,1-3H3. The van der Waals surface area contributed by atoms with Crippen LogP contribution in [0.1, 0.15) is 57.9 Å². The van der Waals surface area contributed by atoms with Crippen molar-refractivity contribution in [2.45, 2.75) is 57.9 Å². The van der Waals surface area contributed by atoms with E-state index in [2.05, 4.69) is 52.8 Å². The molecule has 1 nitrogen and oxygen atoms in total. The molecule has 2 unspecified atom stereocenters. The van der Waals surface area contributed by atoms with E-state index in [0.29, 0.717) is 0 Å². The molecule has 1 heterocycles. The van der Waals surface area contributed by atoms with Crippen LogP contribution < -0.4 is 5.32 Å². The predicted octanol–water partition coefficient (Wildman–Crippen LogP) is 5.17. The van der Waals surface area contributed by atoms with Gasteiger partial charge in [-0.05, 0) is 78.9 Å². The second kappa shape index (κ2) is 6.06. The van der Waals surface area contributed by atoms with Crippen molar-refractivity contribution in [3.8, 4) is 0 Å². The number of rotatable bonds is 3. The van der Waals surface area contributed by atoms with Crippen LogP contribution in [0.4, 0.5) is 0 Å². The third-order valence-corrected chi connectivity index (χ3v) is 5.60. The molecule has 102 valence electrons. The Morgan fingerprint density at radius 1 is 1.28 bits per heavy atom. The Labute approximate surface area is 123 Å². The topological polar surface area (TPSA) is 12.0 Å². The van der Waals surface area contributed by atoms with Crippen molar-refractivity contribution in [1.29, 1.82) is 0 Å². The Hall–Kier alpha value is 0.140. The maximum absolute atomic E-state index is 3.71. The summed E-state index contributed by atoms with van der Waals surface area (Å²) in [5.74, 6) is 1.54. The molecule has 0 aromatic carbocycles. The first-order valence-electron chi connectivity index (χ1n) is 6.94. The van der Waals surface area contributed by atoms with E-state index < -0.39 is 0 Å². The van der Waals surface area contributed by atoms with Gasteiger partial charge < -0.3 is 5.32 Å². The Kier molecular flexibility index (Phi) is 4.90. The van der Waals surface area contributed by atoms with Gasteiger partial charge in [0, 0.05) is 15.4 Å². The molecular weight excluding hydrogens is 306 g/mol. The first-order chi connectivity index (χ1) is 8.47. The lowest BCUT2D eigenvalue weighted by molar-refractivity contribution is 0.269. The molecule has 1 fully saturated rings. The van der Waals surface area contributed by atoms with Crippen molar-refractivity contribution >= 4 is 27.3 Å². The normalized spacial score (nSPS) is 25.3. The molecule has 18 heavy (non-hydrogen) atoms. The average Bonchev–Trinajstić information content (AvgIpc) is 2.72. The molecule has 0 spiro atoms. The monoisotopic (exact) mass is 329 g/mol. The molecule has 1 aromatic rings. The van der Waals surface area contributed by atoms with Crippen LogP contribution >= 0.6 is 27.3 Å². The van der Waals surface area contributed by atoms with Crippen LogP contribution in [0, 0.1) is 5.92 Å². The molecule has 2 atom stereocenters. The van der Waals surface area contributed by atoms with Crippen LogP contribution in [0.2, 0.25) is 0 Å². The van der Waals surface area contributed by atoms with Gasteiger partial charge in [-0.15, -0.1) is 0 Å². The molecule has 0 bridgehead atoms. The summed E-state index contributed by atoms with van der Waals surface area (Å²) in [6, 6.07) is 0. The van der Waals surface area contributed by atoms with E-state index in [0.717, 1.165) is 18.4 Å². The second-order valence-electron chi connectivity index (χ2n) is 6.46. The quantitative estimate of drug-likeness (QED) is 0.806. The second-order valence-corrected chi connectivity index (χ2v) is 8.05. The summed E-state index contributed by atoms with van der Waals surface area (Å²) >= 11 is 5.53. The summed E-state index contributed by atoms with van der Waals surface area (Å²) in [6.07, 6.45) is 5.51. The van der Waals surface area contributed by atoms with Gasteiger partial charge in [-0.25, -0.2) is 0 Å². The Balaban J connectivity index is 2.05. The maximum atomic E-state index is 3.71. The van der Waals surface area contributed by atoms with Gasteiger partial charge in [-0.1, -0.05) is 12.8 Å². The SMILES string of the molecule is CC(C)(C)NCC1CCCCC1c1cscc1Br. The molecule has 1 aliphatic carbocycles. The Bertz CT molecular complexity index is 380. The molecule has 0 saturated heterocycles. The predicted molar refractivity (Wildman–Crippen MR) is 84.5 cm³/mol. The van der Waals surface area contributed by atoms with Crippen molar-refractivity contribution in [2.75, 3.05) is 6.54 Å². The molecule has 2 rings (SSSR count). The van der Waals surface area contributed by atoms with Crippen LogP contribution in [-0.2, 0) is 0 Å². The highest BCUT2D eigenvalue weighted by atomic mass is 79.9. The first kappa shape index (κ1) is 14.5. The van der Waals surface area contributed by atoms with E-state index in [4.69, 9.17) is 0 Å². The molecule has 0 amide bonds. The van der Waals surface area contributed by atoms with Gasteiger partial charge >= 0.3 is 0 Å². The molecular formula is C15H24BrNS. The summed E-state index contributed by atoms with van der Waals surface area (Å²) in [6.45, 7) is 7.92. The van der Waals surface area contributed by atoms with Gasteiger partial charge in [0.05, 0.1) is 0 Å². The van der Waals surface area contributed by atoms with Gasteiger partial charge in [0.15, 0.2) is 0 Å². The van der Waals surface area contributed by atoms with E-state index in [1.165, 1.54) is 30.2 Å². The molecule has 0 radical (unpaired) electrons. The molecule has 3 heteroatoms. The lowest BCUT2D eigenvalue weighted by atomic mass is 9.76. The fraction of sp³-hybridized carbons (Fsp3) is 0.733. The number of halogens is 1. The fourth-order valence-corrected chi connectivity index (χ4v) is 4.51. The minimum absolute atomic E-state index is 0.230. The third kappa shape index (κ3) is 3.82. The maximum Gasteiger partial charge on any atom is 0.0317 e. The van der Waals surface area contributed by atoms with E-state index in [1.54, 1.807) is 5.56 Å². The highest BCUT2D eigenvalue weighted by Crippen LogP contribution is 2.41. The van der Waals surface area contributed by atoms with E-state index >= 15 is 0 Å². The summed E-state index contributed by atoms with van der Waals surface area (Å²) in [5.41, 5.74) is 1.77. The average molecular weight is 330 g/mol. The lowest BCUT2D eigenvalue weighted by Gasteiger charge is -2.34. The number of thiophene rings is 1. The highest BCUT2D eigenvalue weighted by molar-refractivity contribution is 9.10. The Morgan fingerprint density at radius 2 is 2.00 bits per heavy atom. The van der Waals surface area contributed by atoms with Gasteiger partial charge in [-0.2, -0.15) is 11.3 Å². The zero-order valence-electron chi connectivity index (χ0n) is 11.6. The minimum atomic E-state index is 0.230. The minimum Gasteiger partial charge on any atom is -0.312 e. The number of nitrogens with one attached hydrogen (secondary N) is 1. The van der Waals surface area contributed by atoms with Gasteiger partial charge in [0.1, 0.15) is 0 Å². The lowest BCUT2D eigenvalue weighted by Crippen LogP contribution is -2.41. The molecule has 0 aliphatic heterocycles. The summed E-state index contributed by atoms with van der Waals surface area (Å²) < 4.78 is 1.32. The summed E-state index contributed by atoms with van der Waals surface area (Å²) in [7, 11) is 0. The third-order valence-electron chi connectivity index (χ3n) is 3.85.